The molecule has 0 aliphatic heterocycles. The van der Waals surface area contributed by atoms with E-state index in [-0.39, 0.29) is 0 Å². The van der Waals surface area contributed by atoms with E-state index in [0.29, 0.717) is 19.6 Å². The Morgan fingerprint density at radius 3 is 2.29 bits per heavy atom. The van der Waals surface area contributed by atoms with Crippen molar-refractivity contribution in [2.45, 2.75) is 26.2 Å². The maximum absolute atomic E-state index is 11.4. The molecule has 0 aliphatic rings. The van der Waals surface area contributed by atoms with Gasteiger partial charge in [0.1, 0.15) is 0 Å². The predicted molar refractivity (Wildman–Crippen MR) is 93.7 cm³/mol. The van der Waals surface area contributed by atoms with Gasteiger partial charge < -0.3 is 10.6 Å². The lowest BCUT2D eigenvalue weighted by atomic mass is 10.3. The van der Waals surface area contributed by atoms with E-state index >= 15 is 0 Å². The number of rotatable bonds is 11. The topological polar surface area (TPSA) is 73.8 Å². The molecule has 21 heavy (non-hydrogen) atoms. The first kappa shape index (κ1) is 20.5. The van der Waals surface area contributed by atoms with Crippen LogP contribution >= 0.6 is 11.8 Å². The molecule has 0 aromatic rings. The van der Waals surface area contributed by atoms with E-state index < -0.39 is 10.0 Å². The Balaban J connectivity index is 3.82. The van der Waals surface area contributed by atoms with E-state index in [4.69, 9.17) is 0 Å². The van der Waals surface area contributed by atoms with Crippen molar-refractivity contribution in [2.24, 2.45) is 4.99 Å². The van der Waals surface area contributed by atoms with E-state index in [9.17, 15) is 8.42 Å². The zero-order valence-electron chi connectivity index (χ0n) is 13.7. The number of hydrogen-bond acceptors (Lipinski definition) is 4. The minimum absolute atomic E-state index is 0.515. The third kappa shape index (κ3) is 10.8. The van der Waals surface area contributed by atoms with Crippen LogP contribution in [0.5, 0.6) is 0 Å². The van der Waals surface area contributed by atoms with Crippen LogP contribution in [0, 0.1) is 0 Å². The highest BCUT2D eigenvalue weighted by Gasteiger charge is 2.13. The molecule has 0 spiro atoms. The highest BCUT2D eigenvalue weighted by Crippen LogP contribution is 1.99. The number of guanidine groups is 1. The van der Waals surface area contributed by atoms with Gasteiger partial charge in [0, 0.05) is 33.2 Å². The molecular weight excluding hydrogens is 308 g/mol. The molecule has 0 aromatic carbocycles. The lowest BCUT2D eigenvalue weighted by molar-refractivity contribution is 0.424. The summed E-state index contributed by atoms with van der Waals surface area (Å²) in [5.41, 5.74) is 0. The van der Waals surface area contributed by atoms with Gasteiger partial charge in [-0.1, -0.05) is 6.92 Å². The molecule has 126 valence electrons. The quantitative estimate of drug-likeness (QED) is 0.334. The van der Waals surface area contributed by atoms with Crippen molar-refractivity contribution in [3.8, 4) is 0 Å². The van der Waals surface area contributed by atoms with Crippen LogP contribution in [0.4, 0.5) is 0 Å². The highest BCUT2D eigenvalue weighted by molar-refractivity contribution is 7.98. The molecule has 0 saturated heterocycles. The molecule has 0 aromatic heterocycles. The Morgan fingerprint density at radius 1 is 1.19 bits per heavy atom. The van der Waals surface area contributed by atoms with Crippen LogP contribution in [0.15, 0.2) is 4.99 Å². The molecule has 0 radical (unpaired) electrons. The summed E-state index contributed by atoms with van der Waals surface area (Å²) in [4.78, 5) is 4.15. The van der Waals surface area contributed by atoms with Crippen molar-refractivity contribution in [3.05, 3.63) is 0 Å². The second kappa shape index (κ2) is 12.1. The smallest absolute Gasteiger partial charge is 0.211 e. The molecular formula is C13H30N4O2S2. The fourth-order valence-corrected chi connectivity index (χ4v) is 3.24. The van der Waals surface area contributed by atoms with Crippen LogP contribution < -0.4 is 10.6 Å². The summed E-state index contributed by atoms with van der Waals surface area (Å²) in [7, 11) is -1.34. The van der Waals surface area contributed by atoms with Crippen molar-refractivity contribution >= 4 is 27.7 Å². The largest absolute Gasteiger partial charge is 0.356 e. The number of nitrogens with zero attached hydrogens (tertiary/aromatic N) is 2. The van der Waals surface area contributed by atoms with Crippen molar-refractivity contribution in [1.29, 1.82) is 0 Å². The van der Waals surface area contributed by atoms with Gasteiger partial charge in [-0.05, 0) is 31.3 Å². The molecule has 0 rings (SSSR count). The Kier molecular flexibility index (Phi) is 11.8. The van der Waals surface area contributed by atoms with Crippen LogP contribution in [0.1, 0.15) is 26.2 Å². The van der Waals surface area contributed by atoms with Gasteiger partial charge in [0.25, 0.3) is 0 Å². The van der Waals surface area contributed by atoms with Gasteiger partial charge in [-0.2, -0.15) is 11.8 Å². The van der Waals surface area contributed by atoms with Gasteiger partial charge in [-0.3, -0.25) is 4.99 Å². The van der Waals surface area contributed by atoms with Gasteiger partial charge in [0.15, 0.2) is 5.96 Å². The molecule has 0 bridgehead atoms. The summed E-state index contributed by atoms with van der Waals surface area (Å²) in [5.74, 6) is 1.97. The second-order valence-electron chi connectivity index (χ2n) is 4.73. The van der Waals surface area contributed by atoms with Crippen molar-refractivity contribution < 1.29 is 8.42 Å². The average molecular weight is 339 g/mol. The minimum Gasteiger partial charge on any atom is -0.356 e. The fraction of sp³-hybridized carbons (Fsp3) is 0.923. The third-order valence-corrected chi connectivity index (χ3v) is 5.07. The Hall–Kier alpha value is -0.470. The monoisotopic (exact) mass is 338 g/mol. The number of thioether (sulfide) groups is 1. The highest BCUT2D eigenvalue weighted by atomic mass is 32.2. The first-order valence-corrected chi connectivity index (χ1v) is 10.6. The van der Waals surface area contributed by atoms with Crippen LogP contribution in [-0.4, -0.2) is 70.2 Å². The maximum Gasteiger partial charge on any atom is 0.211 e. The van der Waals surface area contributed by atoms with Gasteiger partial charge >= 0.3 is 0 Å². The van der Waals surface area contributed by atoms with Crippen LogP contribution in [-0.2, 0) is 10.0 Å². The molecule has 8 heteroatoms. The minimum atomic E-state index is -3.09. The van der Waals surface area contributed by atoms with Gasteiger partial charge in [0.2, 0.25) is 10.0 Å². The number of aliphatic imine (C=N–C) groups is 1. The molecule has 0 heterocycles. The molecule has 0 unspecified atom stereocenters. The van der Waals surface area contributed by atoms with Crippen LogP contribution in [0.3, 0.4) is 0 Å². The Morgan fingerprint density at radius 2 is 1.81 bits per heavy atom. The van der Waals surface area contributed by atoms with E-state index in [1.54, 1.807) is 7.05 Å². The van der Waals surface area contributed by atoms with Gasteiger partial charge in [-0.15, -0.1) is 0 Å². The first-order chi connectivity index (χ1) is 9.95. The van der Waals surface area contributed by atoms with E-state index in [1.165, 1.54) is 22.7 Å². The van der Waals surface area contributed by atoms with E-state index in [1.807, 2.05) is 18.7 Å². The zero-order valence-corrected chi connectivity index (χ0v) is 15.3. The number of unbranched alkanes of at least 4 members (excludes halogenated alkanes) is 1. The summed E-state index contributed by atoms with van der Waals surface area (Å²) >= 11 is 1.86. The zero-order chi connectivity index (χ0) is 16.1. The molecule has 0 atom stereocenters. The lowest BCUT2D eigenvalue weighted by Gasteiger charge is -2.18. The summed E-state index contributed by atoms with van der Waals surface area (Å²) in [5, 5.41) is 6.46. The molecule has 0 fully saturated rings. The number of sulfonamides is 1. The fourth-order valence-electron chi connectivity index (χ4n) is 1.82. The van der Waals surface area contributed by atoms with E-state index in [0.717, 1.165) is 25.3 Å². The van der Waals surface area contributed by atoms with Gasteiger partial charge in [0.05, 0.1) is 6.26 Å². The third-order valence-electron chi connectivity index (χ3n) is 2.99. The molecule has 0 amide bonds. The first-order valence-electron chi connectivity index (χ1n) is 7.34. The maximum atomic E-state index is 11.4. The Labute approximate surface area is 134 Å². The standard InChI is InChI=1S/C13H30N4O2S2/c1-5-17(21(4,18)19)11-8-10-16-13(14-2)15-9-6-7-12-20-3/h5-12H2,1-4H3,(H2,14,15,16). The molecule has 0 saturated carbocycles. The SMILES string of the molecule is CCN(CCCNC(=NC)NCCCCSC)S(C)(=O)=O. The van der Waals surface area contributed by atoms with E-state index in [2.05, 4.69) is 21.9 Å². The summed E-state index contributed by atoms with van der Waals surface area (Å²) in [6.45, 7) is 4.51. The van der Waals surface area contributed by atoms with Crippen LogP contribution in [0.2, 0.25) is 0 Å². The second-order valence-corrected chi connectivity index (χ2v) is 7.70. The molecule has 2 N–H and O–H groups in total. The number of nitrogens with one attached hydrogen (secondary N) is 2. The summed E-state index contributed by atoms with van der Waals surface area (Å²) in [6, 6.07) is 0. The summed E-state index contributed by atoms with van der Waals surface area (Å²) < 4.78 is 24.4. The predicted octanol–water partition coefficient (Wildman–Crippen LogP) is 0.966. The van der Waals surface area contributed by atoms with Crippen LogP contribution in [0.25, 0.3) is 0 Å². The lowest BCUT2D eigenvalue weighted by Crippen LogP contribution is -2.39. The van der Waals surface area contributed by atoms with Crippen molar-refractivity contribution in [3.63, 3.8) is 0 Å². The van der Waals surface area contributed by atoms with Crippen molar-refractivity contribution in [1.82, 2.24) is 14.9 Å². The normalized spacial score (nSPS) is 12.7. The molecule has 0 aliphatic carbocycles. The average Bonchev–Trinajstić information content (AvgIpc) is 2.43. The number of hydrogen-bond donors (Lipinski definition) is 2. The Bertz CT molecular complexity index is 386. The van der Waals surface area contributed by atoms with Gasteiger partial charge in [-0.25, -0.2) is 12.7 Å². The molecule has 6 nitrogen and oxygen atoms in total. The summed E-state index contributed by atoms with van der Waals surface area (Å²) in [6.07, 6.45) is 6.45. The van der Waals surface area contributed by atoms with Crippen molar-refractivity contribution in [2.75, 3.05) is 51.5 Å².